The largest absolute Gasteiger partial charge is 0.463 e. The van der Waals surface area contributed by atoms with E-state index in [0.717, 1.165) is 18.7 Å². The predicted octanol–water partition coefficient (Wildman–Crippen LogP) is 2.66. The molecule has 1 aliphatic rings. The summed E-state index contributed by atoms with van der Waals surface area (Å²) >= 11 is 7.08. The molecule has 0 N–H and O–H groups in total. The first-order chi connectivity index (χ1) is 14.2. The van der Waals surface area contributed by atoms with Crippen molar-refractivity contribution in [2.24, 2.45) is 5.11 Å². The van der Waals surface area contributed by atoms with Crippen LogP contribution in [0.5, 0.6) is 0 Å². The highest BCUT2D eigenvalue weighted by atomic mass is 35.5. The van der Waals surface area contributed by atoms with E-state index in [0.29, 0.717) is 9.92 Å². The summed E-state index contributed by atoms with van der Waals surface area (Å²) in [5.74, 6) is -1.91. The molecule has 0 aromatic carbocycles. The third-order valence-corrected chi connectivity index (χ3v) is 5.10. The lowest BCUT2D eigenvalue weighted by Gasteiger charge is -2.43. The van der Waals surface area contributed by atoms with E-state index in [1.165, 1.54) is 26.2 Å². The molecule has 0 amide bonds. The molecular formula is C17H19ClN4O7S. The zero-order valence-electron chi connectivity index (χ0n) is 16.3. The maximum absolute atomic E-state index is 11.7. The number of aromatic nitrogens is 1. The lowest BCUT2D eigenvalue weighted by molar-refractivity contribution is -0.201. The summed E-state index contributed by atoms with van der Waals surface area (Å²) < 4.78 is 21.6. The van der Waals surface area contributed by atoms with Crippen LogP contribution in [0.2, 0.25) is 5.02 Å². The third-order valence-electron chi connectivity index (χ3n) is 3.79. The summed E-state index contributed by atoms with van der Waals surface area (Å²) in [5, 5.41) is 4.07. The van der Waals surface area contributed by atoms with Gasteiger partial charge in [-0.05, 0) is 11.6 Å². The van der Waals surface area contributed by atoms with Crippen LogP contribution in [0, 0.1) is 0 Å². The Kier molecular flexibility index (Phi) is 8.72. The Labute approximate surface area is 181 Å². The van der Waals surface area contributed by atoms with Crippen LogP contribution in [-0.2, 0) is 33.3 Å². The van der Waals surface area contributed by atoms with Gasteiger partial charge in [0.1, 0.15) is 36.4 Å². The van der Waals surface area contributed by atoms with Gasteiger partial charge in [0.2, 0.25) is 0 Å². The van der Waals surface area contributed by atoms with Crippen LogP contribution >= 0.6 is 23.4 Å². The predicted molar refractivity (Wildman–Crippen MR) is 104 cm³/mol. The first-order valence-corrected chi connectivity index (χ1v) is 9.91. The standard InChI is InChI=1S/C17H19ClN4O7S/c1-8(23)26-7-13-15(27-9(2)24)14(21-22-19)16(28-10(3)25)17(29-13)30-12-4-11(18)5-20-6-12/h4-6,13-17H,7H2,1-3H3/t13?,14?,15-,16-,17+/m0/s1. The molecule has 2 unspecified atom stereocenters. The fourth-order valence-corrected chi connectivity index (χ4v) is 4.13. The van der Waals surface area contributed by atoms with Crippen molar-refractivity contribution < 1.29 is 33.3 Å². The van der Waals surface area contributed by atoms with Crippen molar-refractivity contribution in [2.45, 2.75) is 55.5 Å². The molecule has 0 bridgehead atoms. The minimum atomic E-state index is -1.16. The highest BCUT2D eigenvalue weighted by Gasteiger charge is 2.50. The van der Waals surface area contributed by atoms with Gasteiger partial charge in [-0.1, -0.05) is 28.5 Å². The monoisotopic (exact) mass is 458 g/mol. The van der Waals surface area contributed by atoms with Crippen LogP contribution in [0.3, 0.4) is 0 Å². The van der Waals surface area contributed by atoms with Gasteiger partial charge < -0.3 is 18.9 Å². The summed E-state index contributed by atoms with van der Waals surface area (Å²) in [5.41, 5.74) is 8.15. The molecule has 0 spiro atoms. The average Bonchev–Trinajstić information content (AvgIpc) is 2.64. The van der Waals surface area contributed by atoms with Crippen LogP contribution in [-0.4, -0.2) is 59.3 Å². The van der Waals surface area contributed by atoms with Gasteiger partial charge in [0.05, 0.1) is 5.02 Å². The fraction of sp³-hybridized carbons (Fsp3) is 0.529. The lowest BCUT2D eigenvalue weighted by Crippen LogP contribution is -2.59. The van der Waals surface area contributed by atoms with Gasteiger partial charge in [-0.2, -0.15) is 0 Å². The van der Waals surface area contributed by atoms with Crippen molar-refractivity contribution in [3.63, 3.8) is 0 Å². The summed E-state index contributed by atoms with van der Waals surface area (Å²) in [7, 11) is 0. The number of hydrogen-bond donors (Lipinski definition) is 0. The van der Waals surface area contributed by atoms with Crippen LogP contribution in [0.15, 0.2) is 28.5 Å². The second-order valence-corrected chi connectivity index (χ2v) is 7.75. The first kappa shape index (κ1) is 23.7. The summed E-state index contributed by atoms with van der Waals surface area (Å²) in [6.45, 7) is 3.28. The number of esters is 3. The van der Waals surface area contributed by atoms with Crippen LogP contribution in [0.1, 0.15) is 20.8 Å². The van der Waals surface area contributed by atoms with Crippen molar-refractivity contribution in [3.8, 4) is 0 Å². The van der Waals surface area contributed by atoms with E-state index in [9.17, 15) is 14.4 Å². The van der Waals surface area contributed by atoms with Crippen molar-refractivity contribution in [3.05, 3.63) is 33.9 Å². The molecule has 162 valence electrons. The number of carbonyl (C=O) groups excluding carboxylic acids is 3. The fourth-order valence-electron chi connectivity index (χ4n) is 2.76. The van der Waals surface area contributed by atoms with E-state index in [-0.39, 0.29) is 6.61 Å². The highest BCUT2D eigenvalue weighted by molar-refractivity contribution is 7.99. The third kappa shape index (κ3) is 6.77. The Balaban J connectivity index is 2.43. The van der Waals surface area contributed by atoms with Crippen molar-refractivity contribution in [1.82, 2.24) is 4.98 Å². The van der Waals surface area contributed by atoms with Gasteiger partial charge in [0.15, 0.2) is 0 Å². The molecule has 1 aliphatic heterocycles. The number of azide groups is 1. The molecule has 1 saturated heterocycles. The Morgan fingerprint density at radius 3 is 2.43 bits per heavy atom. The van der Waals surface area contributed by atoms with Crippen molar-refractivity contribution in [1.29, 1.82) is 0 Å². The zero-order chi connectivity index (χ0) is 22.3. The first-order valence-electron chi connectivity index (χ1n) is 8.66. The van der Waals surface area contributed by atoms with Gasteiger partial charge in [0, 0.05) is 43.0 Å². The molecule has 1 fully saturated rings. The van der Waals surface area contributed by atoms with Gasteiger partial charge >= 0.3 is 17.9 Å². The Hall–Kier alpha value is -2.53. The number of pyridine rings is 1. The minimum absolute atomic E-state index is 0.275. The van der Waals surface area contributed by atoms with Crippen molar-refractivity contribution in [2.75, 3.05) is 6.61 Å². The number of nitrogens with zero attached hydrogens (tertiary/aromatic N) is 4. The van der Waals surface area contributed by atoms with Gasteiger partial charge in [-0.3, -0.25) is 19.4 Å². The summed E-state index contributed by atoms with van der Waals surface area (Å²) in [4.78, 5) is 42.0. The molecule has 0 saturated carbocycles. The Morgan fingerprint density at radius 2 is 1.87 bits per heavy atom. The van der Waals surface area contributed by atoms with Crippen LogP contribution in [0.25, 0.3) is 10.4 Å². The van der Waals surface area contributed by atoms with E-state index in [1.54, 1.807) is 6.07 Å². The molecule has 1 aromatic heterocycles. The number of halogens is 1. The number of rotatable bonds is 7. The maximum Gasteiger partial charge on any atom is 0.303 e. The molecular weight excluding hydrogens is 440 g/mol. The van der Waals surface area contributed by atoms with E-state index < -0.39 is 47.7 Å². The lowest BCUT2D eigenvalue weighted by atomic mass is 9.97. The van der Waals surface area contributed by atoms with Gasteiger partial charge in [-0.25, -0.2) is 0 Å². The SMILES string of the molecule is CC(=O)OCC1O[C@H](Sc2cncc(Cl)c2)[C@@H](OC(C)=O)C(N=[N+]=[N-])[C@H]1OC(C)=O. The number of thioether (sulfide) groups is 1. The molecule has 0 radical (unpaired) electrons. The Bertz CT molecular complexity index is 851. The minimum Gasteiger partial charge on any atom is -0.463 e. The summed E-state index contributed by atoms with van der Waals surface area (Å²) in [6.07, 6.45) is -0.284. The quantitative estimate of drug-likeness (QED) is 0.197. The molecule has 2 rings (SSSR count). The van der Waals surface area contributed by atoms with Gasteiger partial charge in [0.25, 0.3) is 0 Å². The smallest absolute Gasteiger partial charge is 0.303 e. The zero-order valence-corrected chi connectivity index (χ0v) is 17.8. The summed E-state index contributed by atoms with van der Waals surface area (Å²) in [6, 6.07) is 0.483. The number of ether oxygens (including phenoxy) is 4. The molecule has 30 heavy (non-hydrogen) atoms. The number of hydrogen-bond acceptors (Lipinski definition) is 10. The van der Waals surface area contributed by atoms with Gasteiger partial charge in [-0.15, -0.1) is 0 Å². The maximum atomic E-state index is 11.7. The normalized spacial score (nSPS) is 25.5. The second-order valence-electron chi connectivity index (χ2n) is 6.15. The van der Waals surface area contributed by atoms with Crippen LogP contribution < -0.4 is 0 Å². The highest BCUT2D eigenvalue weighted by Crippen LogP contribution is 2.37. The van der Waals surface area contributed by atoms with E-state index >= 15 is 0 Å². The van der Waals surface area contributed by atoms with Crippen LogP contribution in [0.4, 0.5) is 0 Å². The van der Waals surface area contributed by atoms with E-state index in [1.807, 2.05) is 0 Å². The Morgan fingerprint density at radius 1 is 1.20 bits per heavy atom. The van der Waals surface area contributed by atoms with E-state index in [4.69, 9.17) is 36.1 Å². The average molecular weight is 459 g/mol. The molecule has 1 aromatic rings. The second kappa shape index (κ2) is 11.0. The molecule has 0 aliphatic carbocycles. The van der Waals surface area contributed by atoms with E-state index in [2.05, 4.69) is 15.0 Å². The van der Waals surface area contributed by atoms with Crippen molar-refractivity contribution >= 4 is 41.3 Å². The molecule has 5 atom stereocenters. The molecule has 11 nitrogen and oxygen atoms in total. The topological polar surface area (TPSA) is 150 Å². The number of carbonyl (C=O) groups is 3. The molecule has 2 heterocycles. The molecule has 13 heteroatoms.